The third-order valence-electron chi connectivity index (χ3n) is 10.8. The van der Waals surface area contributed by atoms with Gasteiger partial charge in [-0.05, 0) is 99.6 Å². The highest BCUT2D eigenvalue weighted by Gasteiger charge is 2.33. The Hall–Kier alpha value is -5.48. The van der Waals surface area contributed by atoms with E-state index in [0.717, 1.165) is 19.3 Å². The first-order valence-electron chi connectivity index (χ1n) is 18.9. The van der Waals surface area contributed by atoms with Gasteiger partial charge in [0.25, 0.3) is 0 Å². The third kappa shape index (κ3) is 7.74. The van der Waals surface area contributed by atoms with Crippen LogP contribution in [0.4, 0.5) is 30.7 Å². The van der Waals surface area contributed by atoms with Crippen molar-refractivity contribution in [3.8, 4) is 39.7 Å². The van der Waals surface area contributed by atoms with E-state index in [1.807, 2.05) is 11.0 Å². The summed E-state index contributed by atoms with van der Waals surface area (Å²) in [5.74, 6) is -3.34. The number of nitrogens with zero attached hydrogens (tertiary/aromatic N) is 4. The van der Waals surface area contributed by atoms with Crippen LogP contribution >= 0.6 is 0 Å². The molecule has 0 amide bonds. The second-order valence-corrected chi connectivity index (χ2v) is 14.7. The quantitative estimate of drug-likeness (QED) is 0.102. The molecule has 2 saturated heterocycles. The van der Waals surface area contributed by atoms with E-state index in [1.165, 1.54) is 18.2 Å². The molecule has 2 aliphatic heterocycles. The lowest BCUT2D eigenvalue weighted by atomic mass is 9.91. The van der Waals surface area contributed by atoms with Crippen LogP contribution in [-0.4, -0.2) is 63.9 Å². The van der Waals surface area contributed by atoms with E-state index in [4.69, 9.17) is 13.9 Å². The summed E-state index contributed by atoms with van der Waals surface area (Å²) in [6.07, 6.45) is -1.52. The number of carbonyl (C=O) groups excluding carboxylic acids is 1. The summed E-state index contributed by atoms with van der Waals surface area (Å²) in [7, 11) is 0. The number of hydrogen-bond donors (Lipinski definition) is 1. The average Bonchev–Trinajstić information content (AvgIpc) is 4.01. The molecular weight excluding hydrogens is 771 g/mol. The van der Waals surface area contributed by atoms with Crippen LogP contribution in [0.15, 0.2) is 59.0 Å². The Morgan fingerprint density at radius 1 is 0.897 bits per heavy atom. The number of rotatable bonds is 11. The monoisotopic (exact) mass is 809 g/mol. The minimum Gasteiger partial charge on any atom is -0.460 e. The molecule has 16 heteroatoms. The van der Waals surface area contributed by atoms with Gasteiger partial charge in [-0.2, -0.15) is 22.0 Å². The summed E-state index contributed by atoms with van der Waals surface area (Å²) in [6.45, 7) is 0.634. The van der Waals surface area contributed by atoms with E-state index in [9.17, 15) is 26.7 Å². The number of esters is 1. The van der Waals surface area contributed by atoms with E-state index in [2.05, 4.69) is 15.3 Å². The van der Waals surface area contributed by atoms with Crippen molar-refractivity contribution in [2.45, 2.75) is 78.1 Å². The maximum Gasteiger partial charge on any atom is 0.406 e. The number of hydrogen-bond acceptors (Lipinski definition) is 8. The molecule has 2 fully saturated rings. The molecule has 4 aromatic carbocycles. The topological polar surface area (TPSA) is 94.7 Å². The summed E-state index contributed by atoms with van der Waals surface area (Å²) in [5, 5.41) is 3.03. The molecule has 8 rings (SSSR count). The minimum atomic E-state index is -4.78. The molecule has 0 unspecified atom stereocenters. The van der Waals surface area contributed by atoms with E-state index >= 15 is 8.78 Å². The number of oxazole rings is 1. The van der Waals surface area contributed by atoms with Crippen LogP contribution in [0.25, 0.3) is 56.1 Å². The van der Waals surface area contributed by atoms with Crippen LogP contribution in [0.2, 0.25) is 0 Å². The van der Waals surface area contributed by atoms with E-state index in [1.54, 1.807) is 44.2 Å². The molecule has 2 aliphatic rings. The first-order chi connectivity index (χ1) is 27.8. The number of ether oxygens (including phenoxy) is 2. The lowest BCUT2D eigenvalue weighted by molar-refractivity contribution is -0.147. The number of likely N-dealkylation sites (tertiary alicyclic amines) is 1. The van der Waals surface area contributed by atoms with Crippen LogP contribution in [0, 0.1) is 25.5 Å². The highest BCUT2D eigenvalue weighted by Crippen LogP contribution is 2.40. The van der Waals surface area contributed by atoms with Gasteiger partial charge in [0.05, 0.1) is 5.52 Å². The summed E-state index contributed by atoms with van der Waals surface area (Å²) in [5.41, 5.74) is 3.27. The van der Waals surface area contributed by atoms with Crippen molar-refractivity contribution in [3.05, 3.63) is 88.5 Å². The fourth-order valence-electron chi connectivity index (χ4n) is 8.01. The smallest absolute Gasteiger partial charge is 0.406 e. The SMILES string of the molecule is Cc1c(-c2nc3cc(COC(=O)[C@@H]4CCCN4)c(OC(F)F)cc3o2)cccc1-c1cccc(-c2nc3cc(CN4CCCC4)c(F)c(F)c3n2CC(F)(F)F)c1C. The van der Waals surface area contributed by atoms with Gasteiger partial charge in [-0.25, -0.2) is 18.7 Å². The molecule has 4 heterocycles. The number of fused-ring (bicyclic) bond motifs is 2. The molecule has 2 aromatic heterocycles. The first kappa shape index (κ1) is 39.4. The number of halogens is 7. The first-order valence-corrected chi connectivity index (χ1v) is 18.9. The van der Waals surface area contributed by atoms with Crippen molar-refractivity contribution in [2.75, 3.05) is 19.6 Å². The normalized spacial score (nSPS) is 16.3. The predicted molar refractivity (Wildman–Crippen MR) is 201 cm³/mol. The van der Waals surface area contributed by atoms with Crippen LogP contribution < -0.4 is 10.1 Å². The fourth-order valence-corrected chi connectivity index (χ4v) is 8.01. The zero-order valence-electron chi connectivity index (χ0n) is 31.5. The van der Waals surface area contributed by atoms with Gasteiger partial charge in [0.15, 0.2) is 17.2 Å². The van der Waals surface area contributed by atoms with Gasteiger partial charge in [0.2, 0.25) is 5.89 Å². The summed E-state index contributed by atoms with van der Waals surface area (Å²) in [4.78, 5) is 23.6. The Kier molecular flexibility index (Phi) is 10.7. The zero-order valence-corrected chi connectivity index (χ0v) is 31.5. The van der Waals surface area contributed by atoms with Crippen molar-refractivity contribution >= 4 is 28.1 Å². The molecule has 6 aromatic rings. The average molecular weight is 810 g/mol. The maximum atomic E-state index is 15.8. The van der Waals surface area contributed by atoms with Crippen molar-refractivity contribution in [1.29, 1.82) is 0 Å². The molecule has 0 bridgehead atoms. The van der Waals surface area contributed by atoms with Gasteiger partial charge in [0, 0.05) is 34.9 Å². The maximum absolute atomic E-state index is 15.8. The predicted octanol–water partition coefficient (Wildman–Crippen LogP) is 9.63. The Balaban J connectivity index is 1.17. The standard InChI is InChI=1S/C42H38F7N5O4/c1-22-26(8-5-10-28(22)38-51-32-16-24(19-53-14-3-4-15-53)35(43)36(44)37(32)54(38)21-42(47,48)49)27-9-6-11-29(23(27)2)39-52-31-17-25(20-56-40(55)30-12-7-13-50-30)33(58-41(45)46)18-34(31)57-39/h5-6,8-11,16-18,30,41,50H,3-4,7,12-15,19-21H2,1-2H3/t30-/m0/s1. The Morgan fingerprint density at radius 3 is 2.24 bits per heavy atom. The molecule has 0 radical (unpaired) electrons. The van der Waals surface area contributed by atoms with Crippen molar-refractivity contribution in [2.24, 2.45) is 0 Å². The van der Waals surface area contributed by atoms with Gasteiger partial charge in [0.1, 0.15) is 41.8 Å². The van der Waals surface area contributed by atoms with Gasteiger partial charge in [-0.15, -0.1) is 0 Å². The molecule has 304 valence electrons. The second kappa shape index (κ2) is 15.7. The number of imidazole rings is 1. The number of alkyl halides is 5. The number of nitrogens with one attached hydrogen (secondary N) is 1. The third-order valence-corrected chi connectivity index (χ3v) is 10.8. The highest BCUT2D eigenvalue weighted by molar-refractivity contribution is 5.87. The molecule has 0 aliphatic carbocycles. The summed E-state index contributed by atoms with van der Waals surface area (Å²) < 4.78 is 117. The lowest BCUT2D eigenvalue weighted by Crippen LogP contribution is -2.32. The Morgan fingerprint density at radius 2 is 1.57 bits per heavy atom. The molecule has 1 atom stereocenters. The minimum absolute atomic E-state index is 0.0292. The second-order valence-electron chi connectivity index (χ2n) is 14.7. The van der Waals surface area contributed by atoms with Gasteiger partial charge in [-0.1, -0.05) is 30.3 Å². The fraction of sp³-hybridized carbons (Fsp3) is 0.357. The van der Waals surface area contributed by atoms with Gasteiger partial charge in [-0.3, -0.25) is 9.69 Å². The summed E-state index contributed by atoms with van der Waals surface area (Å²) in [6, 6.07) is 13.9. The van der Waals surface area contributed by atoms with E-state index in [0.29, 0.717) is 64.0 Å². The molecule has 9 nitrogen and oxygen atoms in total. The van der Waals surface area contributed by atoms with Crippen LogP contribution in [0.3, 0.4) is 0 Å². The molecule has 1 N–H and O–H groups in total. The van der Waals surface area contributed by atoms with Gasteiger partial charge < -0.3 is 23.8 Å². The molecule has 0 spiro atoms. The number of carbonyl (C=O) groups is 1. The number of aromatic nitrogens is 3. The number of benzene rings is 4. The van der Waals surface area contributed by atoms with Crippen LogP contribution in [0.1, 0.15) is 47.9 Å². The van der Waals surface area contributed by atoms with Crippen LogP contribution in [0.5, 0.6) is 5.75 Å². The molecular formula is C42H38F7N5O4. The van der Waals surface area contributed by atoms with Crippen LogP contribution in [-0.2, 0) is 29.2 Å². The largest absolute Gasteiger partial charge is 0.460 e. The van der Waals surface area contributed by atoms with Gasteiger partial charge >= 0.3 is 18.8 Å². The lowest BCUT2D eigenvalue weighted by Gasteiger charge is -2.17. The van der Waals surface area contributed by atoms with E-state index < -0.39 is 48.5 Å². The Labute approximate surface area is 327 Å². The van der Waals surface area contributed by atoms with Crippen molar-refractivity contribution in [1.82, 2.24) is 24.8 Å². The Bertz CT molecular complexity index is 2520. The molecule has 58 heavy (non-hydrogen) atoms. The zero-order chi connectivity index (χ0) is 40.9. The molecule has 0 saturated carbocycles. The summed E-state index contributed by atoms with van der Waals surface area (Å²) >= 11 is 0. The van der Waals surface area contributed by atoms with E-state index in [-0.39, 0.29) is 58.4 Å². The van der Waals surface area contributed by atoms with Crippen molar-refractivity contribution < 1.29 is 49.4 Å². The highest BCUT2D eigenvalue weighted by atomic mass is 19.4. The van der Waals surface area contributed by atoms with Crippen molar-refractivity contribution in [3.63, 3.8) is 0 Å².